The number of hydrogen-bond acceptors (Lipinski definition) is 1. The first-order valence-corrected chi connectivity index (χ1v) is 4.65. The van der Waals surface area contributed by atoms with Gasteiger partial charge in [-0.2, -0.15) is 13.2 Å². The van der Waals surface area contributed by atoms with E-state index in [1.807, 2.05) is 0 Å². The molecule has 0 unspecified atom stereocenters. The number of carbonyl (C=O) groups is 1. The van der Waals surface area contributed by atoms with Crippen molar-refractivity contribution in [2.75, 3.05) is 0 Å². The van der Waals surface area contributed by atoms with E-state index in [1.54, 1.807) is 0 Å². The summed E-state index contributed by atoms with van der Waals surface area (Å²) in [4.78, 5) is 10.4. The Morgan fingerprint density at radius 3 is 2.20 bits per heavy atom. The van der Waals surface area contributed by atoms with Gasteiger partial charge < -0.3 is 4.79 Å². The van der Waals surface area contributed by atoms with E-state index in [4.69, 9.17) is 0 Å². The Hall–Kier alpha value is -1.32. The highest BCUT2D eigenvalue weighted by molar-refractivity contribution is 5.61. The minimum absolute atomic E-state index is 0.00161. The van der Waals surface area contributed by atoms with Crippen LogP contribution in [0.3, 0.4) is 0 Å². The number of rotatable bonds is 2. The van der Waals surface area contributed by atoms with Crippen LogP contribution in [0.4, 0.5) is 13.2 Å². The highest BCUT2D eigenvalue weighted by Crippen LogP contribution is 2.46. The van der Waals surface area contributed by atoms with Crippen molar-refractivity contribution in [3.63, 3.8) is 0 Å². The average molecular weight is 214 g/mol. The van der Waals surface area contributed by atoms with Crippen molar-refractivity contribution in [3.8, 4) is 0 Å². The highest BCUT2D eigenvalue weighted by Gasteiger charge is 2.38. The molecule has 1 saturated carbocycles. The summed E-state index contributed by atoms with van der Waals surface area (Å²) in [6.07, 6.45) is -2.66. The normalized spacial score (nSPS) is 25.0. The fourth-order valence-electron chi connectivity index (χ4n) is 1.67. The lowest BCUT2D eigenvalue weighted by Gasteiger charge is -2.06. The van der Waals surface area contributed by atoms with E-state index in [0.717, 1.165) is 30.4 Å². The molecule has 0 radical (unpaired) electrons. The first kappa shape index (κ1) is 10.2. The average Bonchev–Trinajstić information content (AvgIpc) is 2.95. The number of aldehydes is 1. The number of carbonyl (C=O) groups excluding carboxylic acids is 1. The van der Waals surface area contributed by atoms with Crippen LogP contribution in [0, 0.1) is 5.92 Å². The van der Waals surface area contributed by atoms with Gasteiger partial charge in [-0.05, 0) is 30.0 Å². The molecule has 1 fully saturated rings. The van der Waals surface area contributed by atoms with Gasteiger partial charge in [0.05, 0.1) is 5.56 Å². The van der Waals surface area contributed by atoms with Crippen LogP contribution < -0.4 is 0 Å². The summed E-state index contributed by atoms with van der Waals surface area (Å²) >= 11 is 0. The van der Waals surface area contributed by atoms with Gasteiger partial charge >= 0.3 is 6.18 Å². The van der Waals surface area contributed by atoms with Gasteiger partial charge in [-0.3, -0.25) is 0 Å². The van der Waals surface area contributed by atoms with Gasteiger partial charge in [0.15, 0.2) is 0 Å². The maximum Gasteiger partial charge on any atom is 0.416 e. The van der Waals surface area contributed by atoms with Crippen LogP contribution in [0.25, 0.3) is 0 Å². The van der Waals surface area contributed by atoms with Gasteiger partial charge in [0.1, 0.15) is 6.29 Å². The third-order valence-electron chi connectivity index (χ3n) is 2.68. The zero-order chi connectivity index (χ0) is 11.1. The maximum atomic E-state index is 12.2. The van der Waals surface area contributed by atoms with Crippen LogP contribution >= 0.6 is 0 Å². The molecule has 1 aromatic rings. The Morgan fingerprint density at radius 2 is 1.80 bits per heavy atom. The molecule has 0 aliphatic heterocycles. The number of alkyl halides is 3. The summed E-state index contributed by atoms with van der Waals surface area (Å²) < 4.78 is 36.7. The topological polar surface area (TPSA) is 17.1 Å². The first-order chi connectivity index (χ1) is 7.02. The molecule has 15 heavy (non-hydrogen) atoms. The Labute approximate surface area is 84.9 Å². The lowest BCUT2D eigenvalue weighted by Crippen LogP contribution is -2.04. The molecule has 0 amide bonds. The van der Waals surface area contributed by atoms with Crippen molar-refractivity contribution < 1.29 is 18.0 Å². The molecular formula is C11H9F3O. The molecule has 2 atom stereocenters. The molecule has 80 valence electrons. The third kappa shape index (κ3) is 2.03. The van der Waals surface area contributed by atoms with E-state index >= 15 is 0 Å². The molecule has 4 heteroatoms. The first-order valence-electron chi connectivity index (χ1n) is 4.65. The fraction of sp³-hybridized carbons (Fsp3) is 0.364. The zero-order valence-electron chi connectivity index (χ0n) is 7.79. The molecule has 1 nitrogen and oxygen atoms in total. The predicted octanol–water partition coefficient (Wildman–Crippen LogP) is 3.01. The number of halogens is 3. The fourth-order valence-corrected chi connectivity index (χ4v) is 1.67. The van der Waals surface area contributed by atoms with Gasteiger partial charge in [0.2, 0.25) is 0 Å². The maximum absolute atomic E-state index is 12.2. The molecule has 0 saturated heterocycles. The number of hydrogen-bond donors (Lipinski definition) is 0. The van der Waals surface area contributed by atoms with Gasteiger partial charge in [-0.25, -0.2) is 0 Å². The van der Waals surface area contributed by atoms with Gasteiger partial charge in [0, 0.05) is 5.92 Å². The van der Waals surface area contributed by atoms with Crippen molar-refractivity contribution in [1.29, 1.82) is 0 Å². The van der Waals surface area contributed by atoms with E-state index in [-0.39, 0.29) is 11.8 Å². The van der Waals surface area contributed by atoms with Crippen LogP contribution in [0.5, 0.6) is 0 Å². The van der Waals surface area contributed by atoms with Crippen molar-refractivity contribution in [2.24, 2.45) is 5.92 Å². The van der Waals surface area contributed by atoms with Gasteiger partial charge in [-0.1, -0.05) is 12.1 Å². The second kappa shape index (κ2) is 3.36. The standard InChI is InChI=1S/C11H9F3O/c12-11(13,14)9-3-1-7(2-4-9)10-5-8(10)6-15/h1-4,6,8,10H,5H2/t8-,10-/m1/s1. The summed E-state index contributed by atoms with van der Waals surface area (Å²) in [6.45, 7) is 0. The van der Waals surface area contributed by atoms with Crippen LogP contribution in [-0.2, 0) is 11.0 Å². The second-order valence-electron chi connectivity index (χ2n) is 3.76. The Kier molecular flexibility index (Phi) is 2.29. The second-order valence-corrected chi connectivity index (χ2v) is 3.76. The van der Waals surface area contributed by atoms with Crippen LogP contribution in [0.15, 0.2) is 24.3 Å². The highest BCUT2D eigenvalue weighted by atomic mass is 19.4. The molecule has 1 aliphatic rings. The largest absolute Gasteiger partial charge is 0.416 e. The summed E-state index contributed by atoms with van der Waals surface area (Å²) in [6, 6.07) is 5.04. The van der Waals surface area contributed by atoms with E-state index < -0.39 is 11.7 Å². The van der Waals surface area contributed by atoms with Crippen molar-refractivity contribution in [3.05, 3.63) is 35.4 Å². The SMILES string of the molecule is O=C[C@H]1C[C@@H]1c1ccc(C(F)(F)F)cc1. The van der Waals surface area contributed by atoms with Crippen molar-refractivity contribution in [2.45, 2.75) is 18.5 Å². The Morgan fingerprint density at radius 1 is 1.20 bits per heavy atom. The summed E-state index contributed by atoms with van der Waals surface area (Å²) in [5.41, 5.74) is 0.176. The molecule has 1 aromatic carbocycles. The lowest BCUT2D eigenvalue weighted by atomic mass is 10.1. The summed E-state index contributed by atoms with van der Waals surface area (Å²) in [5.74, 6) is 0.131. The van der Waals surface area contributed by atoms with Gasteiger partial charge in [0.25, 0.3) is 0 Å². The molecule has 0 aromatic heterocycles. The van der Waals surface area contributed by atoms with Crippen LogP contribution in [0.1, 0.15) is 23.5 Å². The molecule has 0 N–H and O–H groups in total. The summed E-state index contributed by atoms with van der Waals surface area (Å²) in [5, 5.41) is 0. The quantitative estimate of drug-likeness (QED) is 0.691. The molecule has 2 rings (SSSR count). The van der Waals surface area contributed by atoms with Gasteiger partial charge in [-0.15, -0.1) is 0 Å². The molecule has 1 aliphatic carbocycles. The van der Waals surface area contributed by atoms with E-state index in [0.29, 0.717) is 0 Å². The van der Waals surface area contributed by atoms with E-state index in [9.17, 15) is 18.0 Å². The Balaban J connectivity index is 2.15. The lowest BCUT2D eigenvalue weighted by molar-refractivity contribution is -0.137. The number of benzene rings is 1. The third-order valence-corrected chi connectivity index (χ3v) is 2.68. The van der Waals surface area contributed by atoms with Crippen LogP contribution in [0.2, 0.25) is 0 Å². The Bertz CT molecular complexity index is 366. The molecule has 0 spiro atoms. The van der Waals surface area contributed by atoms with E-state index in [2.05, 4.69) is 0 Å². The monoisotopic (exact) mass is 214 g/mol. The van der Waals surface area contributed by atoms with E-state index in [1.165, 1.54) is 12.1 Å². The smallest absolute Gasteiger partial charge is 0.303 e. The molecular weight excluding hydrogens is 205 g/mol. The summed E-state index contributed by atoms with van der Waals surface area (Å²) in [7, 11) is 0. The predicted molar refractivity (Wildman–Crippen MR) is 48.4 cm³/mol. The zero-order valence-corrected chi connectivity index (χ0v) is 7.79. The van der Waals surface area contributed by atoms with Crippen molar-refractivity contribution >= 4 is 6.29 Å². The van der Waals surface area contributed by atoms with Crippen molar-refractivity contribution in [1.82, 2.24) is 0 Å². The molecule has 0 heterocycles. The molecule has 0 bridgehead atoms. The minimum atomic E-state index is -4.29. The minimum Gasteiger partial charge on any atom is -0.303 e. The van der Waals surface area contributed by atoms with Crippen LogP contribution in [-0.4, -0.2) is 6.29 Å².